The molecule has 0 spiro atoms. The van der Waals surface area contributed by atoms with E-state index in [0.717, 1.165) is 18.9 Å². The van der Waals surface area contributed by atoms with Crippen molar-refractivity contribution in [3.8, 4) is 5.75 Å². The molecule has 1 atom stereocenters. The first kappa shape index (κ1) is 15.0. The molecule has 0 radical (unpaired) electrons. The zero-order chi connectivity index (χ0) is 13.4. The molecule has 0 aliphatic rings. The van der Waals surface area contributed by atoms with Gasteiger partial charge in [0, 0.05) is 12.6 Å². The van der Waals surface area contributed by atoms with Gasteiger partial charge in [0.05, 0.1) is 6.61 Å². The van der Waals surface area contributed by atoms with Gasteiger partial charge >= 0.3 is 0 Å². The zero-order valence-electron chi connectivity index (χ0n) is 12.2. The predicted octanol–water partition coefficient (Wildman–Crippen LogP) is 4.00. The Balaban J connectivity index is 2.35. The van der Waals surface area contributed by atoms with Crippen molar-refractivity contribution in [3.05, 3.63) is 29.8 Å². The van der Waals surface area contributed by atoms with E-state index in [-0.39, 0.29) is 0 Å². The van der Waals surface area contributed by atoms with Crippen molar-refractivity contribution >= 4 is 0 Å². The second-order valence-electron chi connectivity index (χ2n) is 5.38. The van der Waals surface area contributed by atoms with Gasteiger partial charge in [-0.15, -0.1) is 0 Å². The first-order valence-corrected chi connectivity index (χ1v) is 7.07. The normalized spacial score (nSPS) is 12.7. The topological polar surface area (TPSA) is 21.3 Å². The van der Waals surface area contributed by atoms with Crippen LogP contribution in [0.3, 0.4) is 0 Å². The minimum absolute atomic E-state index is 0.524. The summed E-state index contributed by atoms with van der Waals surface area (Å²) in [6.45, 7) is 10.5. The standard InChI is InChI=1S/C16H27NO/c1-5-6-14(4)12-18-16-9-7-15(8-10-16)11-17-13(2)3/h7-10,13-14,17H,5-6,11-12H2,1-4H3. The van der Waals surface area contributed by atoms with Crippen LogP contribution >= 0.6 is 0 Å². The first-order valence-electron chi connectivity index (χ1n) is 7.07. The molecule has 102 valence electrons. The summed E-state index contributed by atoms with van der Waals surface area (Å²) in [4.78, 5) is 0. The lowest BCUT2D eigenvalue weighted by Gasteiger charge is -2.13. The van der Waals surface area contributed by atoms with Crippen molar-refractivity contribution in [2.24, 2.45) is 5.92 Å². The first-order chi connectivity index (χ1) is 8.61. The highest BCUT2D eigenvalue weighted by atomic mass is 16.5. The fourth-order valence-corrected chi connectivity index (χ4v) is 1.84. The van der Waals surface area contributed by atoms with Gasteiger partial charge < -0.3 is 10.1 Å². The van der Waals surface area contributed by atoms with Crippen molar-refractivity contribution in [3.63, 3.8) is 0 Å². The number of ether oxygens (including phenoxy) is 1. The van der Waals surface area contributed by atoms with Crippen LogP contribution in [0.25, 0.3) is 0 Å². The third kappa shape index (κ3) is 6.06. The summed E-state index contributed by atoms with van der Waals surface area (Å²) in [6, 6.07) is 8.92. The Bertz CT molecular complexity index is 318. The molecule has 0 saturated carbocycles. The van der Waals surface area contributed by atoms with E-state index >= 15 is 0 Å². The summed E-state index contributed by atoms with van der Waals surface area (Å²) in [7, 11) is 0. The van der Waals surface area contributed by atoms with Gasteiger partial charge in [0.15, 0.2) is 0 Å². The Labute approximate surface area is 112 Å². The van der Waals surface area contributed by atoms with Gasteiger partial charge in [-0.05, 0) is 30.0 Å². The van der Waals surface area contributed by atoms with Crippen LogP contribution in [0.2, 0.25) is 0 Å². The average molecular weight is 249 g/mol. The van der Waals surface area contributed by atoms with Crippen molar-refractivity contribution < 1.29 is 4.74 Å². The molecular formula is C16H27NO. The molecule has 2 heteroatoms. The molecule has 1 unspecified atom stereocenters. The highest BCUT2D eigenvalue weighted by Gasteiger charge is 2.02. The lowest BCUT2D eigenvalue weighted by Crippen LogP contribution is -2.21. The third-order valence-corrected chi connectivity index (χ3v) is 2.95. The van der Waals surface area contributed by atoms with E-state index in [1.54, 1.807) is 0 Å². The number of hydrogen-bond acceptors (Lipinski definition) is 2. The summed E-state index contributed by atoms with van der Waals surface area (Å²) < 4.78 is 5.78. The molecule has 1 rings (SSSR count). The fourth-order valence-electron chi connectivity index (χ4n) is 1.84. The van der Waals surface area contributed by atoms with Crippen LogP contribution in [0.15, 0.2) is 24.3 Å². The largest absolute Gasteiger partial charge is 0.493 e. The van der Waals surface area contributed by atoms with Crippen molar-refractivity contribution in [1.29, 1.82) is 0 Å². The second-order valence-corrected chi connectivity index (χ2v) is 5.38. The van der Waals surface area contributed by atoms with E-state index in [0.29, 0.717) is 12.0 Å². The Morgan fingerprint density at radius 1 is 1.11 bits per heavy atom. The molecule has 0 heterocycles. The fraction of sp³-hybridized carbons (Fsp3) is 0.625. The van der Waals surface area contributed by atoms with Gasteiger partial charge in [0.25, 0.3) is 0 Å². The second kappa shape index (κ2) is 8.15. The maximum Gasteiger partial charge on any atom is 0.119 e. The van der Waals surface area contributed by atoms with Gasteiger partial charge in [0.1, 0.15) is 5.75 Å². The van der Waals surface area contributed by atoms with Crippen LogP contribution in [0.1, 0.15) is 46.1 Å². The van der Waals surface area contributed by atoms with Crippen molar-refractivity contribution in [1.82, 2.24) is 5.32 Å². The molecule has 0 aromatic heterocycles. The van der Waals surface area contributed by atoms with Crippen LogP contribution in [-0.2, 0) is 6.54 Å². The van der Waals surface area contributed by atoms with E-state index in [1.807, 2.05) is 0 Å². The minimum atomic E-state index is 0.524. The van der Waals surface area contributed by atoms with Crippen LogP contribution in [0, 0.1) is 5.92 Å². The molecule has 0 aliphatic carbocycles. The molecule has 0 aliphatic heterocycles. The molecule has 0 fully saturated rings. The lowest BCUT2D eigenvalue weighted by molar-refractivity contribution is 0.251. The van der Waals surface area contributed by atoms with Crippen molar-refractivity contribution in [2.75, 3.05) is 6.61 Å². The molecular weight excluding hydrogens is 222 g/mol. The summed E-state index contributed by atoms with van der Waals surface area (Å²) in [5.74, 6) is 1.61. The molecule has 2 nitrogen and oxygen atoms in total. The Hall–Kier alpha value is -1.02. The molecule has 1 aromatic rings. The smallest absolute Gasteiger partial charge is 0.119 e. The Morgan fingerprint density at radius 2 is 1.78 bits per heavy atom. The maximum atomic E-state index is 5.78. The minimum Gasteiger partial charge on any atom is -0.493 e. The van der Waals surface area contributed by atoms with Gasteiger partial charge in [-0.1, -0.05) is 46.2 Å². The molecule has 1 N–H and O–H groups in total. The van der Waals surface area contributed by atoms with E-state index in [1.165, 1.54) is 18.4 Å². The Morgan fingerprint density at radius 3 is 2.33 bits per heavy atom. The number of hydrogen-bond donors (Lipinski definition) is 1. The molecule has 0 bridgehead atoms. The van der Waals surface area contributed by atoms with Crippen LogP contribution in [0.5, 0.6) is 5.75 Å². The number of rotatable bonds is 8. The van der Waals surface area contributed by atoms with Gasteiger partial charge in [-0.3, -0.25) is 0 Å². The summed E-state index contributed by atoms with van der Waals surface area (Å²) in [5.41, 5.74) is 1.30. The highest BCUT2D eigenvalue weighted by Crippen LogP contribution is 2.14. The molecule has 0 saturated heterocycles. The van der Waals surface area contributed by atoms with Gasteiger partial charge in [-0.2, -0.15) is 0 Å². The quantitative estimate of drug-likeness (QED) is 0.752. The predicted molar refractivity (Wildman–Crippen MR) is 78.0 cm³/mol. The molecule has 18 heavy (non-hydrogen) atoms. The zero-order valence-corrected chi connectivity index (χ0v) is 12.2. The van der Waals surface area contributed by atoms with E-state index in [9.17, 15) is 0 Å². The van der Waals surface area contributed by atoms with Crippen LogP contribution < -0.4 is 10.1 Å². The lowest BCUT2D eigenvalue weighted by atomic mass is 10.1. The highest BCUT2D eigenvalue weighted by molar-refractivity contribution is 5.27. The maximum absolute atomic E-state index is 5.78. The monoisotopic (exact) mass is 249 g/mol. The average Bonchev–Trinajstić information content (AvgIpc) is 2.35. The van der Waals surface area contributed by atoms with E-state index in [2.05, 4.69) is 57.3 Å². The summed E-state index contributed by atoms with van der Waals surface area (Å²) in [6.07, 6.45) is 2.46. The number of nitrogens with one attached hydrogen (secondary N) is 1. The van der Waals surface area contributed by atoms with Gasteiger partial charge in [-0.25, -0.2) is 0 Å². The van der Waals surface area contributed by atoms with Crippen LogP contribution in [0.4, 0.5) is 0 Å². The summed E-state index contributed by atoms with van der Waals surface area (Å²) >= 11 is 0. The summed E-state index contributed by atoms with van der Waals surface area (Å²) in [5, 5.41) is 3.41. The van der Waals surface area contributed by atoms with E-state index in [4.69, 9.17) is 4.74 Å². The SMILES string of the molecule is CCCC(C)COc1ccc(CNC(C)C)cc1. The van der Waals surface area contributed by atoms with Gasteiger partial charge in [0.2, 0.25) is 0 Å². The van der Waals surface area contributed by atoms with E-state index < -0.39 is 0 Å². The van der Waals surface area contributed by atoms with Crippen molar-refractivity contribution in [2.45, 2.75) is 53.1 Å². The third-order valence-electron chi connectivity index (χ3n) is 2.95. The number of benzene rings is 1. The molecule has 1 aromatic carbocycles. The Kier molecular flexibility index (Phi) is 6.81. The van der Waals surface area contributed by atoms with Crippen LogP contribution in [-0.4, -0.2) is 12.6 Å². The molecule has 0 amide bonds.